The number of aryl methyl sites for hydroxylation is 1. The smallest absolute Gasteiger partial charge is 0.129 e. The molecule has 0 spiro atoms. The predicted octanol–water partition coefficient (Wildman–Crippen LogP) is 3.00. The molecule has 0 atom stereocenters. The fraction of sp³-hybridized carbons (Fsp3) is 0.500. The van der Waals surface area contributed by atoms with Crippen LogP contribution in [0.1, 0.15) is 30.2 Å². The van der Waals surface area contributed by atoms with Crippen LogP contribution in [0.3, 0.4) is 0 Å². The van der Waals surface area contributed by atoms with E-state index in [-0.39, 0.29) is 0 Å². The normalized spacial score (nSPS) is 10.5. The van der Waals surface area contributed by atoms with Gasteiger partial charge in [0.05, 0.1) is 5.69 Å². The van der Waals surface area contributed by atoms with Crippen molar-refractivity contribution in [1.82, 2.24) is 4.98 Å². The van der Waals surface area contributed by atoms with E-state index >= 15 is 0 Å². The van der Waals surface area contributed by atoms with E-state index in [2.05, 4.69) is 34.8 Å². The molecule has 0 radical (unpaired) electrons. The molecule has 0 amide bonds. The first-order valence-corrected chi connectivity index (χ1v) is 5.28. The van der Waals surface area contributed by atoms with Crippen molar-refractivity contribution in [1.29, 1.82) is 0 Å². The Morgan fingerprint density at radius 1 is 1.38 bits per heavy atom. The first-order valence-electron chi connectivity index (χ1n) is 4.49. The monoisotopic (exact) mass is 242 g/mol. The number of nitrogens with two attached hydrogens (primary N) is 1. The van der Waals surface area contributed by atoms with Crippen molar-refractivity contribution in [3.8, 4) is 0 Å². The molecule has 0 aliphatic heterocycles. The van der Waals surface area contributed by atoms with Gasteiger partial charge in [-0.25, -0.2) is 4.98 Å². The zero-order valence-electron chi connectivity index (χ0n) is 8.32. The van der Waals surface area contributed by atoms with Crippen LogP contribution in [0.2, 0.25) is 0 Å². The quantitative estimate of drug-likeness (QED) is 0.811. The van der Waals surface area contributed by atoms with Gasteiger partial charge in [-0.3, -0.25) is 0 Å². The SMILES string of the molecule is CCCc1c(C)nc(Br)c(N)c1C. The van der Waals surface area contributed by atoms with Gasteiger partial charge in [0.15, 0.2) is 0 Å². The van der Waals surface area contributed by atoms with Gasteiger partial charge in [0.25, 0.3) is 0 Å². The highest BCUT2D eigenvalue weighted by Crippen LogP contribution is 2.26. The van der Waals surface area contributed by atoms with E-state index in [9.17, 15) is 0 Å². The van der Waals surface area contributed by atoms with Gasteiger partial charge in [0.1, 0.15) is 4.60 Å². The summed E-state index contributed by atoms with van der Waals surface area (Å²) in [5.41, 5.74) is 10.2. The van der Waals surface area contributed by atoms with Crippen LogP contribution in [0.5, 0.6) is 0 Å². The first kappa shape index (κ1) is 10.5. The zero-order valence-corrected chi connectivity index (χ0v) is 9.90. The average Bonchev–Trinajstić information content (AvgIpc) is 2.09. The highest BCUT2D eigenvalue weighted by atomic mass is 79.9. The molecule has 0 unspecified atom stereocenters. The third kappa shape index (κ3) is 2.02. The Morgan fingerprint density at radius 3 is 2.54 bits per heavy atom. The van der Waals surface area contributed by atoms with Gasteiger partial charge in [0.2, 0.25) is 0 Å². The third-order valence-corrected chi connectivity index (χ3v) is 2.89. The van der Waals surface area contributed by atoms with E-state index in [1.54, 1.807) is 0 Å². The van der Waals surface area contributed by atoms with Gasteiger partial charge in [-0.1, -0.05) is 13.3 Å². The highest BCUT2D eigenvalue weighted by molar-refractivity contribution is 9.10. The van der Waals surface area contributed by atoms with Gasteiger partial charge in [-0.05, 0) is 47.3 Å². The van der Waals surface area contributed by atoms with Crippen LogP contribution in [0.4, 0.5) is 5.69 Å². The zero-order chi connectivity index (χ0) is 10.0. The summed E-state index contributed by atoms with van der Waals surface area (Å²) in [5, 5.41) is 0. The lowest BCUT2D eigenvalue weighted by Crippen LogP contribution is -2.02. The van der Waals surface area contributed by atoms with E-state index in [1.165, 1.54) is 11.1 Å². The molecule has 0 fully saturated rings. The molecule has 0 aromatic carbocycles. The Morgan fingerprint density at radius 2 is 2.00 bits per heavy atom. The summed E-state index contributed by atoms with van der Waals surface area (Å²) >= 11 is 3.35. The number of anilines is 1. The lowest BCUT2D eigenvalue weighted by Gasteiger charge is -2.11. The van der Waals surface area contributed by atoms with Gasteiger partial charge in [-0.2, -0.15) is 0 Å². The Balaban J connectivity index is 3.26. The Bertz CT molecular complexity index is 321. The van der Waals surface area contributed by atoms with Gasteiger partial charge in [-0.15, -0.1) is 0 Å². The van der Waals surface area contributed by atoms with Crippen molar-refractivity contribution in [3.05, 3.63) is 21.4 Å². The maximum Gasteiger partial charge on any atom is 0.129 e. The second-order valence-corrected chi connectivity index (χ2v) is 4.01. The fourth-order valence-electron chi connectivity index (χ4n) is 1.48. The molecule has 13 heavy (non-hydrogen) atoms. The molecular formula is C10H15BrN2. The summed E-state index contributed by atoms with van der Waals surface area (Å²) in [4.78, 5) is 4.34. The third-order valence-electron chi connectivity index (χ3n) is 2.28. The van der Waals surface area contributed by atoms with E-state index in [1.807, 2.05) is 6.92 Å². The summed E-state index contributed by atoms with van der Waals surface area (Å²) < 4.78 is 0.766. The van der Waals surface area contributed by atoms with E-state index < -0.39 is 0 Å². The summed E-state index contributed by atoms with van der Waals surface area (Å²) in [5.74, 6) is 0. The number of aromatic nitrogens is 1. The molecule has 3 heteroatoms. The van der Waals surface area contributed by atoms with Crippen molar-refractivity contribution < 1.29 is 0 Å². The van der Waals surface area contributed by atoms with Crippen LogP contribution in [-0.4, -0.2) is 4.98 Å². The number of hydrogen-bond donors (Lipinski definition) is 1. The molecule has 0 saturated carbocycles. The summed E-state index contributed by atoms with van der Waals surface area (Å²) in [6.07, 6.45) is 2.19. The lowest BCUT2D eigenvalue weighted by atomic mass is 10.0. The number of nitrogens with zero attached hydrogens (tertiary/aromatic N) is 1. The van der Waals surface area contributed by atoms with Crippen molar-refractivity contribution in [2.24, 2.45) is 0 Å². The minimum atomic E-state index is 0.766. The number of hydrogen-bond acceptors (Lipinski definition) is 2. The lowest BCUT2D eigenvalue weighted by molar-refractivity contribution is 0.886. The van der Waals surface area contributed by atoms with Crippen molar-refractivity contribution >= 4 is 21.6 Å². The number of halogens is 1. The topological polar surface area (TPSA) is 38.9 Å². The van der Waals surface area contributed by atoms with Crippen LogP contribution in [-0.2, 0) is 6.42 Å². The minimum absolute atomic E-state index is 0.766. The number of rotatable bonds is 2. The molecule has 2 nitrogen and oxygen atoms in total. The van der Waals surface area contributed by atoms with Crippen LogP contribution >= 0.6 is 15.9 Å². The van der Waals surface area contributed by atoms with Gasteiger partial charge < -0.3 is 5.73 Å². The molecule has 1 heterocycles. The van der Waals surface area contributed by atoms with E-state index in [0.717, 1.165) is 28.8 Å². The van der Waals surface area contributed by atoms with Crippen molar-refractivity contribution in [3.63, 3.8) is 0 Å². The van der Waals surface area contributed by atoms with Gasteiger partial charge >= 0.3 is 0 Å². The molecule has 2 N–H and O–H groups in total. The summed E-state index contributed by atoms with van der Waals surface area (Å²) in [6.45, 7) is 6.25. The van der Waals surface area contributed by atoms with Crippen molar-refractivity contribution in [2.75, 3.05) is 5.73 Å². The predicted molar refractivity (Wildman–Crippen MR) is 59.8 cm³/mol. The Hall–Kier alpha value is -0.570. The maximum absolute atomic E-state index is 5.87. The molecular weight excluding hydrogens is 228 g/mol. The van der Waals surface area contributed by atoms with E-state index in [0.29, 0.717) is 0 Å². The molecule has 1 rings (SSSR count). The van der Waals surface area contributed by atoms with Crippen LogP contribution in [0.15, 0.2) is 4.60 Å². The van der Waals surface area contributed by atoms with Crippen LogP contribution < -0.4 is 5.73 Å². The number of nitrogen functional groups attached to an aromatic ring is 1. The Labute approximate surface area is 87.7 Å². The maximum atomic E-state index is 5.87. The summed E-state index contributed by atoms with van der Waals surface area (Å²) in [7, 11) is 0. The number of pyridine rings is 1. The molecule has 72 valence electrons. The molecule has 1 aromatic heterocycles. The van der Waals surface area contributed by atoms with Crippen LogP contribution in [0, 0.1) is 13.8 Å². The highest BCUT2D eigenvalue weighted by Gasteiger charge is 2.09. The largest absolute Gasteiger partial charge is 0.396 e. The summed E-state index contributed by atoms with van der Waals surface area (Å²) in [6, 6.07) is 0. The van der Waals surface area contributed by atoms with E-state index in [4.69, 9.17) is 5.73 Å². The standard InChI is InChI=1S/C10H15BrN2/c1-4-5-8-6(2)9(12)10(11)13-7(8)3/h4-5,12H2,1-3H3. The second-order valence-electron chi connectivity index (χ2n) is 3.26. The molecule has 1 aromatic rings. The van der Waals surface area contributed by atoms with Crippen LogP contribution in [0.25, 0.3) is 0 Å². The molecule has 0 saturated heterocycles. The average molecular weight is 243 g/mol. The fourth-order valence-corrected chi connectivity index (χ4v) is 2.05. The van der Waals surface area contributed by atoms with Crippen molar-refractivity contribution in [2.45, 2.75) is 33.6 Å². The molecule has 0 aliphatic carbocycles. The molecule has 0 aliphatic rings. The minimum Gasteiger partial charge on any atom is -0.396 e. The first-order chi connectivity index (χ1) is 6.07. The Kier molecular flexibility index (Phi) is 3.31. The molecule has 0 bridgehead atoms. The second kappa shape index (κ2) is 4.09. The van der Waals surface area contributed by atoms with Gasteiger partial charge in [0, 0.05) is 5.69 Å².